The molecule has 2 heterocycles. The molecule has 3 aromatic rings. The summed E-state index contributed by atoms with van der Waals surface area (Å²) in [6, 6.07) is 20.8. The van der Waals surface area contributed by atoms with Crippen LogP contribution in [0.3, 0.4) is 0 Å². The molecule has 2 aliphatic rings. The van der Waals surface area contributed by atoms with Crippen LogP contribution >= 0.6 is 0 Å². The van der Waals surface area contributed by atoms with Crippen molar-refractivity contribution in [3.8, 4) is 17.2 Å². The van der Waals surface area contributed by atoms with Gasteiger partial charge in [0.05, 0.1) is 18.4 Å². The lowest BCUT2D eigenvalue weighted by molar-refractivity contribution is 0.0980. The van der Waals surface area contributed by atoms with E-state index in [1.165, 1.54) is 0 Å². The predicted octanol–water partition coefficient (Wildman–Crippen LogP) is 4.54. The third-order valence-corrected chi connectivity index (χ3v) is 5.19. The van der Waals surface area contributed by atoms with Crippen LogP contribution in [0.1, 0.15) is 15.9 Å². The Morgan fingerprint density at radius 1 is 1.03 bits per heavy atom. The number of methoxy groups -OCH3 is 1. The highest BCUT2D eigenvalue weighted by Gasteiger charge is 2.32. The summed E-state index contributed by atoms with van der Waals surface area (Å²) in [6.07, 6.45) is 3.52. The number of anilines is 2. The fourth-order valence-electron chi connectivity index (χ4n) is 3.72. The highest BCUT2D eigenvalue weighted by atomic mass is 16.7. The summed E-state index contributed by atoms with van der Waals surface area (Å²) in [5, 5.41) is 3.46. The summed E-state index contributed by atoms with van der Waals surface area (Å²) < 4.78 is 16.4. The van der Waals surface area contributed by atoms with E-state index in [4.69, 9.17) is 14.2 Å². The monoisotopic (exact) mass is 400 g/mol. The summed E-state index contributed by atoms with van der Waals surface area (Å²) in [4.78, 5) is 15.1. The molecular formula is C24H20N2O4. The number of benzene rings is 3. The maximum Gasteiger partial charge on any atom is 0.262 e. The smallest absolute Gasteiger partial charge is 0.262 e. The van der Waals surface area contributed by atoms with Gasteiger partial charge in [0.25, 0.3) is 5.91 Å². The third kappa shape index (κ3) is 3.12. The molecule has 0 spiro atoms. The quantitative estimate of drug-likeness (QED) is 0.697. The molecule has 30 heavy (non-hydrogen) atoms. The van der Waals surface area contributed by atoms with Crippen molar-refractivity contribution in [3.05, 3.63) is 83.9 Å². The van der Waals surface area contributed by atoms with Crippen molar-refractivity contribution in [2.24, 2.45) is 0 Å². The second kappa shape index (κ2) is 7.48. The van der Waals surface area contributed by atoms with Crippen LogP contribution in [0.15, 0.2) is 72.8 Å². The highest BCUT2D eigenvalue weighted by Crippen LogP contribution is 2.38. The van der Waals surface area contributed by atoms with Gasteiger partial charge in [-0.25, -0.2) is 0 Å². The Morgan fingerprint density at radius 2 is 1.83 bits per heavy atom. The summed E-state index contributed by atoms with van der Waals surface area (Å²) >= 11 is 0. The van der Waals surface area contributed by atoms with Gasteiger partial charge in [0.1, 0.15) is 11.9 Å². The number of hydrogen-bond donors (Lipinski definition) is 1. The van der Waals surface area contributed by atoms with E-state index in [0.717, 1.165) is 22.7 Å². The van der Waals surface area contributed by atoms with Crippen LogP contribution < -0.4 is 24.4 Å². The van der Waals surface area contributed by atoms with Crippen LogP contribution in [0, 0.1) is 0 Å². The number of fused-ring (bicyclic) bond motifs is 2. The largest absolute Gasteiger partial charge is 0.496 e. The Balaban J connectivity index is 1.56. The van der Waals surface area contributed by atoms with E-state index < -0.39 is 6.17 Å². The molecule has 150 valence electrons. The van der Waals surface area contributed by atoms with Crippen LogP contribution in [0.5, 0.6) is 17.2 Å². The van der Waals surface area contributed by atoms with Crippen molar-refractivity contribution in [2.45, 2.75) is 6.17 Å². The molecule has 5 rings (SSSR count). The third-order valence-electron chi connectivity index (χ3n) is 5.19. The summed E-state index contributed by atoms with van der Waals surface area (Å²) in [7, 11) is 1.64. The van der Waals surface area contributed by atoms with Crippen molar-refractivity contribution >= 4 is 23.4 Å². The number of carbonyl (C=O) groups is 1. The SMILES string of the molecule is COc1ccccc1/C=C/C1Nc2ccccc2C(=O)N1c1ccc2c(c1)OCO2. The van der Waals surface area contributed by atoms with Crippen LogP contribution in [0.2, 0.25) is 0 Å². The predicted molar refractivity (Wildman–Crippen MR) is 115 cm³/mol. The number of carbonyl (C=O) groups excluding carboxylic acids is 1. The lowest BCUT2D eigenvalue weighted by atomic mass is 10.1. The number of amides is 1. The minimum atomic E-state index is -0.391. The van der Waals surface area contributed by atoms with E-state index in [2.05, 4.69) is 5.32 Å². The fraction of sp³-hybridized carbons (Fsp3) is 0.125. The van der Waals surface area contributed by atoms with Crippen molar-refractivity contribution in [3.63, 3.8) is 0 Å². The van der Waals surface area contributed by atoms with Gasteiger partial charge in [0, 0.05) is 17.3 Å². The van der Waals surface area contributed by atoms with Gasteiger partial charge in [-0.2, -0.15) is 0 Å². The number of ether oxygens (including phenoxy) is 3. The lowest BCUT2D eigenvalue weighted by Crippen LogP contribution is -2.48. The molecule has 0 aliphatic carbocycles. The molecule has 3 aromatic carbocycles. The zero-order valence-corrected chi connectivity index (χ0v) is 16.4. The van der Waals surface area contributed by atoms with Crippen molar-refractivity contribution in [1.29, 1.82) is 0 Å². The first-order valence-electron chi connectivity index (χ1n) is 9.64. The van der Waals surface area contributed by atoms with Crippen LogP contribution in [0.4, 0.5) is 11.4 Å². The second-order valence-electron chi connectivity index (χ2n) is 6.95. The molecule has 0 aromatic heterocycles. The Labute approximate surface area is 174 Å². The molecule has 1 N–H and O–H groups in total. The van der Waals surface area contributed by atoms with Gasteiger partial charge in [-0.15, -0.1) is 0 Å². The topological polar surface area (TPSA) is 60.0 Å². The number of hydrogen-bond acceptors (Lipinski definition) is 5. The first-order valence-corrected chi connectivity index (χ1v) is 9.64. The van der Waals surface area contributed by atoms with Crippen LogP contribution in [0.25, 0.3) is 6.08 Å². The van der Waals surface area contributed by atoms with Crippen LogP contribution in [-0.4, -0.2) is 26.0 Å². The van der Waals surface area contributed by atoms with Gasteiger partial charge in [-0.3, -0.25) is 9.69 Å². The van der Waals surface area contributed by atoms with Crippen molar-refractivity contribution in [1.82, 2.24) is 0 Å². The minimum Gasteiger partial charge on any atom is -0.496 e. The van der Waals surface area contributed by atoms with E-state index in [1.807, 2.05) is 78.9 Å². The zero-order valence-electron chi connectivity index (χ0n) is 16.4. The Hall–Kier alpha value is -3.93. The fourth-order valence-corrected chi connectivity index (χ4v) is 3.72. The van der Waals surface area contributed by atoms with Crippen molar-refractivity contribution in [2.75, 3.05) is 24.1 Å². The van der Waals surface area contributed by atoms with Gasteiger partial charge >= 0.3 is 0 Å². The van der Waals surface area contributed by atoms with E-state index in [1.54, 1.807) is 12.0 Å². The average molecular weight is 400 g/mol. The Morgan fingerprint density at radius 3 is 2.73 bits per heavy atom. The molecule has 0 fully saturated rings. The summed E-state index contributed by atoms with van der Waals surface area (Å²) in [5.74, 6) is 1.99. The minimum absolute atomic E-state index is 0.0853. The van der Waals surface area contributed by atoms with E-state index >= 15 is 0 Å². The molecule has 6 heteroatoms. The molecule has 0 saturated heterocycles. The molecule has 2 aliphatic heterocycles. The number of nitrogens with zero attached hydrogens (tertiary/aromatic N) is 1. The van der Waals surface area contributed by atoms with Crippen LogP contribution in [-0.2, 0) is 0 Å². The van der Waals surface area contributed by atoms with E-state index in [0.29, 0.717) is 17.1 Å². The molecule has 6 nitrogen and oxygen atoms in total. The molecule has 1 atom stereocenters. The first-order chi connectivity index (χ1) is 14.7. The Bertz CT molecular complexity index is 1140. The van der Waals surface area contributed by atoms with Gasteiger partial charge in [0.15, 0.2) is 11.5 Å². The molecule has 0 saturated carbocycles. The lowest BCUT2D eigenvalue weighted by Gasteiger charge is -2.36. The van der Waals surface area contributed by atoms with E-state index in [-0.39, 0.29) is 12.7 Å². The zero-order chi connectivity index (χ0) is 20.5. The van der Waals surface area contributed by atoms with Gasteiger partial charge in [-0.1, -0.05) is 36.4 Å². The highest BCUT2D eigenvalue weighted by molar-refractivity contribution is 6.12. The average Bonchev–Trinajstić information content (AvgIpc) is 3.26. The maximum atomic E-state index is 13.4. The number of rotatable bonds is 4. The molecule has 0 bridgehead atoms. The second-order valence-corrected chi connectivity index (χ2v) is 6.95. The first kappa shape index (κ1) is 18.1. The number of para-hydroxylation sites is 2. The Kier molecular flexibility index (Phi) is 4.52. The standard InChI is InChI=1S/C24H20N2O4/c1-28-20-9-5-2-6-16(20)10-13-23-25-19-8-4-3-7-18(19)24(27)26(23)17-11-12-21-22(14-17)30-15-29-21/h2-14,23,25H,15H2,1H3/b13-10+. The molecule has 1 unspecified atom stereocenters. The van der Waals surface area contributed by atoms with Gasteiger partial charge < -0.3 is 19.5 Å². The van der Waals surface area contributed by atoms with Gasteiger partial charge in [0.2, 0.25) is 6.79 Å². The van der Waals surface area contributed by atoms with E-state index in [9.17, 15) is 4.79 Å². The molecular weight excluding hydrogens is 380 g/mol. The van der Waals surface area contributed by atoms with Gasteiger partial charge in [-0.05, 0) is 36.4 Å². The number of nitrogens with one attached hydrogen (secondary N) is 1. The molecule has 0 radical (unpaired) electrons. The molecule has 1 amide bonds. The maximum absolute atomic E-state index is 13.4. The normalized spacial score (nSPS) is 17.0. The van der Waals surface area contributed by atoms with Crippen molar-refractivity contribution < 1.29 is 19.0 Å². The summed E-state index contributed by atoms with van der Waals surface area (Å²) in [5.41, 5.74) is 3.07. The summed E-state index contributed by atoms with van der Waals surface area (Å²) in [6.45, 7) is 0.185.